The van der Waals surface area contributed by atoms with Crippen molar-refractivity contribution < 1.29 is 0 Å². The van der Waals surface area contributed by atoms with Crippen molar-refractivity contribution in [2.45, 2.75) is 26.7 Å². The maximum Gasteiger partial charge on any atom is 0.172 e. The molecule has 2 heterocycles. The number of halogens is 3. The fourth-order valence-electron chi connectivity index (χ4n) is 1.75. The van der Waals surface area contributed by atoms with E-state index in [2.05, 4.69) is 54.1 Å². The van der Waals surface area contributed by atoms with Crippen LogP contribution < -0.4 is 5.32 Å². The Morgan fingerprint density at radius 2 is 2.05 bits per heavy atom. The summed E-state index contributed by atoms with van der Waals surface area (Å²) in [4.78, 5) is 10.2. The molecule has 2 rings (SSSR count). The lowest BCUT2D eigenvalue weighted by molar-refractivity contribution is 0.868. The minimum absolute atomic E-state index is 0.713. The molecule has 0 aliphatic carbocycles. The molecule has 108 valence electrons. The van der Waals surface area contributed by atoms with Crippen LogP contribution in [0.4, 0.5) is 5.82 Å². The number of aryl methyl sites for hydroxylation is 1. The van der Waals surface area contributed by atoms with E-state index in [1.165, 1.54) is 11.3 Å². The topological polar surface area (TPSA) is 37.8 Å². The molecule has 7 heteroatoms. The van der Waals surface area contributed by atoms with Crippen LogP contribution in [0.25, 0.3) is 10.7 Å². The smallest absolute Gasteiger partial charge is 0.172 e. The molecule has 1 N–H and O–H groups in total. The van der Waals surface area contributed by atoms with Crippen LogP contribution in [0.15, 0.2) is 15.0 Å². The van der Waals surface area contributed by atoms with Crippen LogP contribution >= 0.6 is 54.8 Å². The average molecular weight is 440 g/mol. The molecule has 0 aromatic carbocycles. The van der Waals surface area contributed by atoms with Gasteiger partial charge >= 0.3 is 0 Å². The van der Waals surface area contributed by atoms with E-state index in [4.69, 9.17) is 11.6 Å². The first-order valence-electron chi connectivity index (χ1n) is 6.32. The fourth-order valence-corrected chi connectivity index (χ4v) is 3.90. The molecule has 0 bridgehead atoms. The Balaban J connectivity index is 2.52. The molecule has 0 atom stereocenters. The second kappa shape index (κ2) is 7.20. The third kappa shape index (κ3) is 3.53. The highest BCUT2D eigenvalue weighted by molar-refractivity contribution is 9.11. The zero-order valence-electron chi connectivity index (χ0n) is 11.1. The van der Waals surface area contributed by atoms with Crippen LogP contribution in [0.1, 0.15) is 26.0 Å². The molecule has 0 saturated carbocycles. The van der Waals surface area contributed by atoms with E-state index in [1.54, 1.807) is 0 Å². The number of anilines is 1. The van der Waals surface area contributed by atoms with Gasteiger partial charge in [0.2, 0.25) is 0 Å². The largest absolute Gasteiger partial charge is 0.369 e. The molecular formula is C13H14Br2ClN3S. The monoisotopic (exact) mass is 437 g/mol. The van der Waals surface area contributed by atoms with E-state index < -0.39 is 0 Å². The first kappa shape index (κ1) is 16.2. The lowest BCUT2D eigenvalue weighted by atomic mass is 10.2. The average Bonchev–Trinajstić information content (AvgIpc) is 2.75. The zero-order chi connectivity index (χ0) is 14.7. The Kier molecular flexibility index (Phi) is 5.84. The van der Waals surface area contributed by atoms with E-state index in [0.717, 1.165) is 44.7 Å². The van der Waals surface area contributed by atoms with Crippen LogP contribution in [0, 0.1) is 0 Å². The zero-order valence-corrected chi connectivity index (χ0v) is 15.9. The van der Waals surface area contributed by atoms with Gasteiger partial charge in [-0.3, -0.25) is 0 Å². The minimum Gasteiger partial charge on any atom is -0.369 e. The second-order valence-electron chi connectivity index (χ2n) is 4.17. The molecule has 0 amide bonds. The predicted octanol–water partition coefficient (Wildman–Crippen LogP) is 5.77. The van der Waals surface area contributed by atoms with Gasteiger partial charge in [0.05, 0.1) is 15.0 Å². The molecule has 0 radical (unpaired) electrons. The number of aromatic nitrogens is 2. The predicted molar refractivity (Wildman–Crippen MR) is 93.9 cm³/mol. The van der Waals surface area contributed by atoms with Gasteiger partial charge in [-0.2, -0.15) is 0 Å². The van der Waals surface area contributed by atoms with Gasteiger partial charge in [0.25, 0.3) is 0 Å². The van der Waals surface area contributed by atoms with E-state index in [1.807, 2.05) is 13.0 Å². The van der Waals surface area contributed by atoms with Crippen molar-refractivity contribution in [2.24, 2.45) is 0 Å². The summed E-state index contributed by atoms with van der Waals surface area (Å²) in [6.07, 6.45) is 1.95. The first-order valence-corrected chi connectivity index (χ1v) is 9.10. The van der Waals surface area contributed by atoms with Crippen molar-refractivity contribution in [2.75, 3.05) is 11.9 Å². The van der Waals surface area contributed by atoms with Crippen LogP contribution in [0.5, 0.6) is 0 Å². The van der Waals surface area contributed by atoms with Crippen LogP contribution in [-0.2, 0) is 6.42 Å². The molecule has 0 aliphatic heterocycles. The van der Waals surface area contributed by atoms with E-state index in [0.29, 0.717) is 10.2 Å². The van der Waals surface area contributed by atoms with Crippen molar-refractivity contribution >= 4 is 60.6 Å². The van der Waals surface area contributed by atoms with Gasteiger partial charge in [-0.15, -0.1) is 11.3 Å². The Morgan fingerprint density at radius 3 is 2.60 bits per heavy atom. The summed E-state index contributed by atoms with van der Waals surface area (Å²) in [6.45, 7) is 5.00. The van der Waals surface area contributed by atoms with Gasteiger partial charge < -0.3 is 5.32 Å². The summed E-state index contributed by atoms with van der Waals surface area (Å²) in [6, 6.07) is 1.96. The maximum atomic E-state index is 6.10. The third-order valence-corrected chi connectivity index (χ3v) is 5.92. The van der Waals surface area contributed by atoms with Crippen molar-refractivity contribution in [3.8, 4) is 10.7 Å². The molecule has 0 saturated heterocycles. The second-order valence-corrected chi connectivity index (χ2v) is 7.47. The number of nitrogens with one attached hydrogen (secondary N) is 1. The summed E-state index contributed by atoms with van der Waals surface area (Å²) >= 11 is 14.6. The van der Waals surface area contributed by atoms with Gasteiger partial charge in [0, 0.05) is 11.0 Å². The quantitative estimate of drug-likeness (QED) is 0.643. The summed E-state index contributed by atoms with van der Waals surface area (Å²) in [7, 11) is 0. The van der Waals surface area contributed by atoms with Gasteiger partial charge in [-0.05, 0) is 51.3 Å². The van der Waals surface area contributed by atoms with E-state index >= 15 is 0 Å². The molecule has 0 spiro atoms. The number of hydrogen-bond acceptors (Lipinski definition) is 4. The Bertz CT molecular complexity index is 569. The maximum absolute atomic E-state index is 6.10. The van der Waals surface area contributed by atoms with Crippen molar-refractivity contribution in [3.05, 3.63) is 25.0 Å². The molecule has 2 aromatic rings. The number of thiophene rings is 1. The Morgan fingerprint density at radius 1 is 1.30 bits per heavy atom. The highest BCUT2D eigenvalue weighted by Crippen LogP contribution is 2.38. The standard InChI is InChI=1S/C13H14Br2ClN3S/c1-3-5-8-10(15)13(17-4-2)19-12(18-8)9-6-7(14)11(16)20-9/h6H,3-5H2,1-2H3,(H,17,18,19). The van der Waals surface area contributed by atoms with Gasteiger partial charge in [0.15, 0.2) is 5.82 Å². The molecule has 20 heavy (non-hydrogen) atoms. The summed E-state index contributed by atoms with van der Waals surface area (Å²) in [5.41, 5.74) is 1.02. The van der Waals surface area contributed by atoms with Crippen molar-refractivity contribution in [3.63, 3.8) is 0 Å². The summed E-state index contributed by atoms with van der Waals surface area (Å²) < 4.78 is 2.55. The molecule has 0 unspecified atom stereocenters. The first-order chi connectivity index (χ1) is 9.56. The van der Waals surface area contributed by atoms with Crippen LogP contribution in [0.2, 0.25) is 4.34 Å². The van der Waals surface area contributed by atoms with E-state index in [-0.39, 0.29) is 0 Å². The van der Waals surface area contributed by atoms with E-state index in [9.17, 15) is 0 Å². The van der Waals surface area contributed by atoms with Crippen LogP contribution in [0.3, 0.4) is 0 Å². The lowest BCUT2D eigenvalue weighted by Gasteiger charge is -2.11. The summed E-state index contributed by atoms with van der Waals surface area (Å²) in [5, 5.41) is 3.27. The molecule has 0 fully saturated rings. The highest BCUT2D eigenvalue weighted by atomic mass is 79.9. The van der Waals surface area contributed by atoms with Crippen molar-refractivity contribution in [1.82, 2.24) is 9.97 Å². The normalized spacial score (nSPS) is 10.8. The molecule has 2 aromatic heterocycles. The SMILES string of the molecule is CCCc1nc(-c2cc(Br)c(Cl)s2)nc(NCC)c1Br. The molecular weight excluding hydrogens is 425 g/mol. The van der Waals surface area contributed by atoms with Gasteiger partial charge in [-0.1, -0.05) is 24.9 Å². The number of hydrogen-bond donors (Lipinski definition) is 1. The van der Waals surface area contributed by atoms with Crippen LogP contribution in [-0.4, -0.2) is 16.5 Å². The Hall–Kier alpha value is -0.170. The third-order valence-electron chi connectivity index (χ3n) is 2.62. The lowest BCUT2D eigenvalue weighted by Crippen LogP contribution is -2.05. The Labute approximate surface area is 144 Å². The summed E-state index contributed by atoms with van der Waals surface area (Å²) in [5.74, 6) is 1.55. The fraction of sp³-hybridized carbons (Fsp3) is 0.385. The number of rotatable bonds is 5. The van der Waals surface area contributed by atoms with Crippen molar-refractivity contribution in [1.29, 1.82) is 0 Å². The molecule has 3 nitrogen and oxygen atoms in total. The van der Waals surface area contributed by atoms with Gasteiger partial charge in [-0.25, -0.2) is 9.97 Å². The van der Waals surface area contributed by atoms with Gasteiger partial charge in [0.1, 0.15) is 10.2 Å². The molecule has 0 aliphatic rings. The minimum atomic E-state index is 0.713. The number of nitrogens with zero attached hydrogens (tertiary/aromatic N) is 2. The highest BCUT2D eigenvalue weighted by Gasteiger charge is 2.15.